The predicted molar refractivity (Wildman–Crippen MR) is 61.4 cm³/mol. The minimum absolute atomic E-state index is 0.0713. The van der Waals surface area contributed by atoms with Crippen molar-refractivity contribution in [1.82, 2.24) is 10.2 Å². The van der Waals surface area contributed by atoms with Gasteiger partial charge in [-0.3, -0.25) is 4.79 Å². The van der Waals surface area contributed by atoms with E-state index in [1.54, 1.807) is 19.2 Å². The minimum atomic E-state index is -0.111. The van der Waals surface area contributed by atoms with Crippen molar-refractivity contribution in [3.63, 3.8) is 0 Å². The standard InChI is InChI=1S/C10H14ClN3O2/c1-7(16-2)3-6-10(15)12-9-5-4-8(11)13-14-9/h4-5,7H,3,6H2,1-2H3,(H,12,14,15). The van der Waals surface area contributed by atoms with Gasteiger partial charge in [0, 0.05) is 13.5 Å². The third-order valence-electron chi connectivity index (χ3n) is 2.08. The molecule has 0 bridgehead atoms. The van der Waals surface area contributed by atoms with Crippen molar-refractivity contribution >= 4 is 23.3 Å². The Morgan fingerprint density at radius 3 is 2.88 bits per heavy atom. The van der Waals surface area contributed by atoms with Gasteiger partial charge in [0.25, 0.3) is 0 Å². The Labute approximate surface area is 99.2 Å². The molecular formula is C10H14ClN3O2. The minimum Gasteiger partial charge on any atom is -0.382 e. The lowest BCUT2D eigenvalue weighted by Crippen LogP contribution is -2.16. The van der Waals surface area contributed by atoms with Gasteiger partial charge in [-0.15, -0.1) is 10.2 Å². The van der Waals surface area contributed by atoms with Crippen molar-refractivity contribution in [1.29, 1.82) is 0 Å². The molecule has 0 aromatic carbocycles. The van der Waals surface area contributed by atoms with E-state index in [4.69, 9.17) is 16.3 Å². The van der Waals surface area contributed by atoms with Crippen LogP contribution >= 0.6 is 11.6 Å². The third kappa shape index (κ3) is 4.55. The van der Waals surface area contributed by atoms with E-state index in [0.717, 1.165) is 0 Å². The predicted octanol–water partition coefficient (Wildman–Crippen LogP) is 1.88. The summed E-state index contributed by atoms with van der Waals surface area (Å²) >= 11 is 5.57. The van der Waals surface area contributed by atoms with Crippen LogP contribution in [0, 0.1) is 0 Å². The topological polar surface area (TPSA) is 64.1 Å². The number of aromatic nitrogens is 2. The fraction of sp³-hybridized carbons (Fsp3) is 0.500. The Balaban J connectivity index is 2.37. The fourth-order valence-electron chi connectivity index (χ4n) is 1.04. The molecule has 5 nitrogen and oxygen atoms in total. The monoisotopic (exact) mass is 243 g/mol. The number of carbonyl (C=O) groups is 1. The van der Waals surface area contributed by atoms with Crippen LogP contribution in [0.3, 0.4) is 0 Å². The average Bonchev–Trinajstić information content (AvgIpc) is 2.29. The van der Waals surface area contributed by atoms with Gasteiger partial charge in [-0.1, -0.05) is 11.6 Å². The van der Waals surface area contributed by atoms with Crippen LogP contribution in [0.5, 0.6) is 0 Å². The summed E-state index contributed by atoms with van der Waals surface area (Å²) in [6, 6.07) is 3.18. The number of nitrogens with one attached hydrogen (secondary N) is 1. The molecular weight excluding hydrogens is 230 g/mol. The van der Waals surface area contributed by atoms with Gasteiger partial charge in [0.15, 0.2) is 11.0 Å². The van der Waals surface area contributed by atoms with Crippen molar-refractivity contribution in [3.8, 4) is 0 Å². The lowest BCUT2D eigenvalue weighted by atomic mass is 10.2. The van der Waals surface area contributed by atoms with Crippen molar-refractivity contribution in [3.05, 3.63) is 17.3 Å². The molecule has 88 valence electrons. The Morgan fingerprint density at radius 1 is 1.56 bits per heavy atom. The Morgan fingerprint density at radius 2 is 2.31 bits per heavy atom. The molecule has 0 aliphatic rings. The second-order valence-electron chi connectivity index (χ2n) is 3.37. The van der Waals surface area contributed by atoms with E-state index in [-0.39, 0.29) is 12.0 Å². The summed E-state index contributed by atoms with van der Waals surface area (Å²) in [5, 5.41) is 10.3. The normalized spacial score (nSPS) is 12.2. The average molecular weight is 244 g/mol. The number of hydrogen-bond donors (Lipinski definition) is 1. The van der Waals surface area contributed by atoms with Gasteiger partial charge in [0.1, 0.15) is 0 Å². The van der Waals surface area contributed by atoms with Crippen LogP contribution in [0.4, 0.5) is 5.82 Å². The van der Waals surface area contributed by atoms with Crippen molar-refractivity contribution in [2.45, 2.75) is 25.9 Å². The number of carbonyl (C=O) groups excluding carboxylic acids is 1. The first-order valence-corrected chi connectivity index (χ1v) is 5.31. The largest absolute Gasteiger partial charge is 0.382 e. The SMILES string of the molecule is COC(C)CCC(=O)Nc1ccc(Cl)nn1. The molecule has 1 amide bonds. The highest BCUT2D eigenvalue weighted by Crippen LogP contribution is 2.07. The number of amides is 1. The van der Waals surface area contributed by atoms with Crippen LogP contribution in [0.1, 0.15) is 19.8 Å². The van der Waals surface area contributed by atoms with Crippen LogP contribution < -0.4 is 5.32 Å². The zero-order chi connectivity index (χ0) is 12.0. The maximum atomic E-state index is 11.5. The van der Waals surface area contributed by atoms with Gasteiger partial charge in [-0.05, 0) is 25.5 Å². The fourth-order valence-corrected chi connectivity index (χ4v) is 1.14. The summed E-state index contributed by atoms with van der Waals surface area (Å²) in [5.74, 6) is 0.292. The maximum absolute atomic E-state index is 11.5. The molecule has 0 saturated carbocycles. The first-order valence-electron chi connectivity index (χ1n) is 4.93. The van der Waals surface area contributed by atoms with E-state index < -0.39 is 0 Å². The highest BCUT2D eigenvalue weighted by molar-refractivity contribution is 6.29. The zero-order valence-corrected chi connectivity index (χ0v) is 9.99. The van der Waals surface area contributed by atoms with Crippen molar-refractivity contribution < 1.29 is 9.53 Å². The second kappa shape index (κ2) is 6.40. The number of hydrogen-bond acceptors (Lipinski definition) is 4. The molecule has 0 fully saturated rings. The number of ether oxygens (including phenoxy) is 1. The van der Waals surface area contributed by atoms with E-state index >= 15 is 0 Å². The lowest BCUT2D eigenvalue weighted by molar-refractivity contribution is -0.116. The Kier molecular flexibility index (Phi) is 5.14. The summed E-state index contributed by atoms with van der Waals surface area (Å²) in [6.07, 6.45) is 1.13. The van der Waals surface area contributed by atoms with Crippen molar-refractivity contribution in [2.24, 2.45) is 0 Å². The zero-order valence-electron chi connectivity index (χ0n) is 9.24. The summed E-state index contributed by atoms with van der Waals surface area (Å²) in [4.78, 5) is 11.5. The summed E-state index contributed by atoms with van der Waals surface area (Å²) in [6.45, 7) is 1.91. The van der Waals surface area contributed by atoms with E-state index in [1.807, 2.05) is 6.92 Å². The van der Waals surface area contributed by atoms with Crippen LogP contribution in [0.2, 0.25) is 5.15 Å². The van der Waals surface area contributed by atoms with E-state index in [9.17, 15) is 4.79 Å². The first-order chi connectivity index (χ1) is 7.61. The molecule has 0 aliphatic heterocycles. The van der Waals surface area contributed by atoms with Gasteiger partial charge in [-0.2, -0.15) is 0 Å². The van der Waals surface area contributed by atoms with E-state index in [0.29, 0.717) is 23.8 Å². The van der Waals surface area contributed by atoms with Crippen LogP contribution in [-0.4, -0.2) is 29.3 Å². The molecule has 1 aromatic heterocycles. The van der Waals surface area contributed by atoms with E-state index in [1.165, 1.54) is 0 Å². The molecule has 0 spiro atoms. The number of rotatable bonds is 5. The van der Waals surface area contributed by atoms with Gasteiger partial charge >= 0.3 is 0 Å². The Hall–Kier alpha value is -1.20. The first kappa shape index (κ1) is 12.9. The van der Waals surface area contributed by atoms with Crippen LogP contribution in [0.15, 0.2) is 12.1 Å². The molecule has 1 atom stereocenters. The summed E-state index contributed by atoms with van der Waals surface area (Å²) in [7, 11) is 1.62. The highest BCUT2D eigenvalue weighted by atomic mass is 35.5. The lowest BCUT2D eigenvalue weighted by Gasteiger charge is -2.08. The molecule has 6 heteroatoms. The van der Waals surface area contributed by atoms with E-state index in [2.05, 4.69) is 15.5 Å². The maximum Gasteiger partial charge on any atom is 0.225 e. The number of nitrogens with zero attached hydrogens (tertiary/aromatic N) is 2. The number of halogens is 1. The molecule has 1 rings (SSSR count). The quantitative estimate of drug-likeness (QED) is 0.858. The molecule has 1 aromatic rings. The van der Waals surface area contributed by atoms with Gasteiger partial charge < -0.3 is 10.1 Å². The smallest absolute Gasteiger partial charge is 0.225 e. The second-order valence-corrected chi connectivity index (χ2v) is 3.76. The molecule has 0 radical (unpaired) electrons. The summed E-state index contributed by atoms with van der Waals surface area (Å²) < 4.78 is 5.04. The summed E-state index contributed by atoms with van der Waals surface area (Å²) in [5.41, 5.74) is 0. The molecule has 1 N–H and O–H groups in total. The molecule has 1 heterocycles. The van der Waals surface area contributed by atoms with Crippen LogP contribution in [-0.2, 0) is 9.53 Å². The van der Waals surface area contributed by atoms with Gasteiger partial charge in [0.2, 0.25) is 5.91 Å². The third-order valence-corrected chi connectivity index (χ3v) is 2.28. The Bertz CT molecular complexity index is 342. The van der Waals surface area contributed by atoms with Crippen LogP contribution in [0.25, 0.3) is 0 Å². The van der Waals surface area contributed by atoms with Gasteiger partial charge in [0.05, 0.1) is 6.10 Å². The molecule has 16 heavy (non-hydrogen) atoms. The van der Waals surface area contributed by atoms with Gasteiger partial charge in [-0.25, -0.2) is 0 Å². The number of methoxy groups -OCH3 is 1. The molecule has 0 saturated heterocycles. The number of anilines is 1. The highest BCUT2D eigenvalue weighted by Gasteiger charge is 2.06. The molecule has 1 unspecified atom stereocenters. The van der Waals surface area contributed by atoms with Crippen molar-refractivity contribution in [2.75, 3.05) is 12.4 Å². The molecule has 0 aliphatic carbocycles.